The minimum Gasteiger partial charge on any atom is -0.508 e. The molecule has 1 amide bonds. The number of hydrogen-bond acceptors (Lipinski definition) is 2. The van der Waals surface area contributed by atoms with Crippen molar-refractivity contribution in [3.05, 3.63) is 65.5 Å². The van der Waals surface area contributed by atoms with Crippen LogP contribution in [0.15, 0.2) is 48.5 Å². The lowest BCUT2D eigenvalue weighted by Crippen LogP contribution is -2.39. The van der Waals surface area contributed by atoms with Crippen LogP contribution in [-0.2, 0) is 4.79 Å². The van der Waals surface area contributed by atoms with Crippen molar-refractivity contribution in [2.75, 3.05) is 13.1 Å². The second-order valence-electron chi connectivity index (χ2n) is 7.16. The second-order valence-corrected chi connectivity index (χ2v) is 7.16. The molecule has 1 saturated heterocycles. The van der Waals surface area contributed by atoms with Gasteiger partial charge >= 0.3 is 0 Å². The summed E-state index contributed by atoms with van der Waals surface area (Å²) < 4.78 is 13.9. The van der Waals surface area contributed by atoms with Gasteiger partial charge in [-0.25, -0.2) is 4.39 Å². The van der Waals surface area contributed by atoms with Crippen LogP contribution in [0.4, 0.5) is 4.39 Å². The summed E-state index contributed by atoms with van der Waals surface area (Å²) in [6.45, 7) is 1.51. The lowest BCUT2D eigenvalue weighted by Gasteiger charge is -2.32. The summed E-state index contributed by atoms with van der Waals surface area (Å²) in [7, 11) is 0. The highest BCUT2D eigenvalue weighted by Gasteiger charge is 2.47. The number of benzene rings is 2. The first kappa shape index (κ1) is 16.1. The van der Waals surface area contributed by atoms with Crippen molar-refractivity contribution >= 4 is 5.91 Å². The molecule has 0 aromatic heterocycles. The Labute approximate surface area is 147 Å². The molecular weight excluding hydrogens is 317 g/mol. The van der Waals surface area contributed by atoms with E-state index in [4.69, 9.17) is 0 Å². The molecule has 2 atom stereocenters. The van der Waals surface area contributed by atoms with Crippen LogP contribution in [0.1, 0.15) is 42.2 Å². The predicted molar refractivity (Wildman–Crippen MR) is 93.9 cm³/mol. The van der Waals surface area contributed by atoms with Crippen LogP contribution in [0.25, 0.3) is 0 Å². The molecular formula is C21H22FNO2. The lowest BCUT2D eigenvalue weighted by molar-refractivity contribution is -0.133. The number of carbonyl (C=O) groups is 1. The first-order valence-electron chi connectivity index (χ1n) is 8.95. The molecule has 2 aromatic rings. The topological polar surface area (TPSA) is 40.5 Å². The summed E-state index contributed by atoms with van der Waals surface area (Å²) in [5.74, 6) is 0.687. The van der Waals surface area contributed by atoms with Crippen LogP contribution < -0.4 is 0 Å². The van der Waals surface area contributed by atoms with E-state index in [1.165, 1.54) is 11.6 Å². The van der Waals surface area contributed by atoms with Crippen LogP contribution >= 0.6 is 0 Å². The second kappa shape index (κ2) is 6.51. The molecule has 0 bridgehead atoms. The molecule has 0 spiro atoms. The van der Waals surface area contributed by atoms with E-state index in [2.05, 4.69) is 0 Å². The van der Waals surface area contributed by atoms with Crippen molar-refractivity contribution in [2.45, 2.75) is 31.1 Å². The van der Waals surface area contributed by atoms with Crippen LogP contribution in [0.5, 0.6) is 5.75 Å². The van der Waals surface area contributed by atoms with Gasteiger partial charge in [0.1, 0.15) is 11.6 Å². The van der Waals surface area contributed by atoms with Gasteiger partial charge in [-0.05, 0) is 60.4 Å². The number of amides is 1. The Kier molecular flexibility index (Phi) is 4.20. The number of carbonyl (C=O) groups excluding carboxylic acids is 1. The maximum Gasteiger partial charge on any atom is 0.226 e. The number of piperidine rings is 1. The molecule has 2 unspecified atom stereocenters. The number of rotatable bonds is 3. The first-order chi connectivity index (χ1) is 12.1. The van der Waals surface area contributed by atoms with E-state index in [9.17, 15) is 14.3 Å². The minimum atomic E-state index is -0.200. The van der Waals surface area contributed by atoms with Gasteiger partial charge in [-0.15, -0.1) is 0 Å². The molecule has 4 rings (SSSR count). The standard InChI is InChI=1S/C21H22FNO2/c22-20-4-2-1-3-17(20)18-13-19(18)21(25)23-11-9-15(10-12-23)14-5-7-16(24)8-6-14/h1-8,15,18-19,24H,9-13H2. The first-order valence-corrected chi connectivity index (χ1v) is 8.95. The third-order valence-electron chi connectivity index (χ3n) is 5.58. The molecule has 1 heterocycles. The van der Waals surface area contributed by atoms with Crippen LogP contribution in [0.3, 0.4) is 0 Å². The van der Waals surface area contributed by atoms with E-state index in [0.717, 1.165) is 32.4 Å². The Balaban J connectivity index is 1.35. The predicted octanol–water partition coefficient (Wildman–Crippen LogP) is 4.04. The van der Waals surface area contributed by atoms with Crippen molar-refractivity contribution in [1.82, 2.24) is 4.90 Å². The van der Waals surface area contributed by atoms with Gasteiger partial charge in [-0.3, -0.25) is 4.79 Å². The van der Waals surface area contributed by atoms with Gasteiger partial charge in [0.15, 0.2) is 0 Å². The summed E-state index contributed by atoms with van der Waals surface area (Å²) in [5, 5.41) is 9.40. The Bertz CT molecular complexity index is 766. The summed E-state index contributed by atoms with van der Waals surface area (Å²) in [5.41, 5.74) is 1.90. The van der Waals surface area contributed by atoms with E-state index < -0.39 is 0 Å². The van der Waals surface area contributed by atoms with Crippen LogP contribution in [-0.4, -0.2) is 29.0 Å². The van der Waals surface area contributed by atoms with Crippen molar-refractivity contribution in [1.29, 1.82) is 0 Å². The number of likely N-dealkylation sites (tertiary alicyclic amines) is 1. The average molecular weight is 339 g/mol. The molecule has 2 aliphatic rings. The van der Waals surface area contributed by atoms with Gasteiger partial charge in [0.2, 0.25) is 5.91 Å². The summed E-state index contributed by atoms with van der Waals surface area (Å²) in [4.78, 5) is 14.7. The molecule has 2 aromatic carbocycles. The fourth-order valence-electron chi connectivity index (χ4n) is 4.00. The Hall–Kier alpha value is -2.36. The highest BCUT2D eigenvalue weighted by Crippen LogP contribution is 2.49. The van der Waals surface area contributed by atoms with Gasteiger partial charge in [0.25, 0.3) is 0 Å². The quantitative estimate of drug-likeness (QED) is 0.917. The van der Waals surface area contributed by atoms with E-state index in [1.54, 1.807) is 24.3 Å². The van der Waals surface area contributed by atoms with Crippen molar-refractivity contribution in [3.63, 3.8) is 0 Å². The Morgan fingerprint density at radius 1 is 1.04 bits per heavy atom. The monoisotopic (exact) mass is 339 g/mol. The largest absolute Gasteiger partial charge is 0.508 e. The summed E-state index contributed by atoms with van der Waals surface area (Å²) in [6, 6.07) is 14.2. The molecule has 0 radical (unpaired) electrons. The normalized spacial score (nSPS) is 23.5. The van der Waals surface area contributed by atoms with E-state index in [-0.39, 0.29) is 29.3 Å². The smallest absolute Gasteiger partial charge is 0.226 e. The zero-order valence-electron chi connectivity index (χ0n) is 14.1. The highest BCUT2D eigenvalue weighted by molar-refractivity contribution is 5.83. The lowest BCUT2D eigenvalue weighted by atomic mass is 9.89. The molecule has 25 heavy (non-hydrogen) atoms. The number of phenols is 1. The third kappa shape index (κ3) is 3.26. The van der Waals surface area contributed by atoms with E-state index >= 15 is 0 Å². The number of aromatic hydroxyl groups is 1. The van der Waals surface area contributed by atoms with Gasteiger partial charge in [0, 0.05) is 19.0 Å². The number of phenolic OH excluding ortho intramolecular Hbond substituents is 1. The molecule has 1 aliphatic carbocycles. The third-order valence-corrected chi connectivity index (χ3v) is 5.58. The zero-order chi connectivity index (χ0) is 17.4. The van der Waals surface area contributed by atoms with E-state index in [0.29, 0.717) is 11.5 Å². The average Bonchev–Trinajstić information content (AvgIpc) is 3.43. The maximum absolute atomic E-state index is 13.9. The SMILES string of the molecule is O=C(C1CC1c1ccccc1F)N1CCC(c2ccc(O)cc2)CC1. The zero-order valence-corrected chi connectivity index (χ0v) is 14.1. The van der Waals surface area contributed by atoms with Gasteiger partial charge in [0.05, 0.1) is 0 Å². The molecule has 2 fully saturated rings. The van der Waals surface area contributed by atoms with Gasteiger partial charge < -0.3 is 10.0 Å². The van der Waals surface area contributed by atoms with Gasteiger partial charge in [-0.1, -0.05) is 30.3 Å². The Morgan fingerprint density at radius 3 is 2.40 bits per heavy atom. The number of halogens is 1. The minimum absolute atomic E-state index is 0.0449. The molecule has 4 heteroatoms. The molecule has 1 saturated carbocycles. The van der Waals surface area contributed by atoms with Crippen molar-refractivity contribution < 1.29 is 14.3 Å². The van der Waals surface area contributed by atoms with E-state index in [1.807, 2.05) is 23.1 Å². The molecule has 3 nitrogen and oxygen atoms in total. The van der Waals surface area contributed by atoms with Crippen LogP contribution in [0, 0.1) is 11.7 Å². The number of nitrogens with zero attached hydrogens (tertiary/aromatic N) is 1. The fourth-order valence-corrected chi connectivity index (χ4v) is 4.00. The van der Waals surface area contributed by atoms with Gasteiger partial charge in [-0.2, -0.15) is 0 Å². The molecule has 1 N–H and O–H groups in total. The molecule has 130 valence electrons. The van der Waals surface area contributed by atoms with Crippen LogP contribution in [0.2, 0.25) is 0 Å². The highest BCUT2D eigenvalue weighted by atomic mass is 19.1. The summed E-state index contributed by atoms with van der Waals surface area (Å²) >= 11 is 0. The summed E-state index contributed by atoms with van der Waals surface area (Å²) in [6.07, 6.45) is 2.64. The number of hydrogen-bond donors (Lipinski definition) is 1. The molecule has 1 aliphatic heterocycles. The fraction of sp³-hybridized carbons (Fsp3) is 0.381. The maximum atomic E-state index is 13.9. The van der Waals surface area contributed by atoms with Crippen molar-refractivity contribution in [2.24, 2.45) is 5.92 Å². The Morgan fingerprint density at radius 2 is 1.72 bits per heavy atom. The van der Waals surface area contributed by atoms with Crippen molar-refractivity contribution in [3.8, 4) is 5.75 Å².